The van der Waals surface area contributed by atoms with Crippen LogP contribution in [-0.2, 0) is 0 Å². The number of carbonyl (C=O) groups is 1. The van der Waals surface area contributed by atoms with E-state index in [-0.39, 0.29) is 5.78 Å². The monoisotopic (exact) mass is 240 g/mol. The molecule has 0 aliphatic rings. The summed E-state index contributed by atoms with van der Waals surface area (Å²) in [4.78, 5) is 11.3. The van der Waals surface area contributed by atoms with E-state index in [1.54, 1.807) is 6.92 Å². The molecule has 92 valence electrons. The third kappa shape index (κ3) is 2.88. The summed E-state index contributed by atoms with van der Waals surface area (Å²) in [5, 5.41) is 6.37. The summed E-state index contributed by atoms with van der Waals surface area (Å²) in [5.41, 5.74) is 3.66. The first-order chi connectivity index (χ1) is 8.69. The second-order valence-corrected chi connectivity index (χ2v) is 4.09. The smallest absolute Gasteiger partial charge is 0.159 e. The second-order valence-electron chi connectivity index (χ2n) is 4.09. The molecule has 2 aromatic rings. The van der Waals surface area contributed by atoms with Gasteiger partial charge < -0.3 is 10.6 Å². The Bertz CT molecular complexity index is 564. The highest BCUT2D eigenvalue weighted by molar-refractivity contribution is 5.95. The van der Waals surface area contributed by atoms with Crippen LogP contribution in [0.5, 0.6) is 0 Å². The summed E-state index contributed by atoms with van der Waals surface area (Å²) in [6.07, 6.45) is 0. The highest BCUT2D eigenvalue weighted by atomic mass is 16.1. The summed E-state index contributed by atoms with van der Waals surface area (Å²) in [6, 6.07) is 15.5. The lowest BCUT2D eigenvalue weighted by Gasteiger charge is -2.09. The van der Waals surface area contributed by atoms with Crippen LogP contribution < -0.4 is 10.6 Å². The molecule has 0 fully saturated rings. The van der Waals surface area contributed by atoms with E-state index in [1.807, 2.05) is 55.6 Å². The maximum atomic E-state index is 11.3. The van der Waals surface area contributed by atoms with Gasteiger partial charge >= 0.3 is 0 Å². The Morgan fingerprint density at radius 2 is 1.56 bits per heavy atom. The van der Waals surface area contributed by atoms with Gasteiger partial charge in [0.05, 0.1) is 0 Å². The normalized spacial score (nSPS) is 9.89. The van der Waals surface area contributed by atoms with Crippen molar-refractivity contribution in [1.29, 1.82) is 0 Å². The lowest BCUT2D eigenvalue weighted by molar-refractivity contribution is 0.101. The molecule has 0 saturated carbocycles. The predicted molar refractivity (Wildman–Crippen MR) is 75.7 cm³/mol. The lowest BCUT2D eigenvalue weighted by Crippen LogP contribution is -1.96. The molecule has 0 atom stereocenters. The Balaban J connectivity index is 2.22. The van der Waals surface area contributed by atoms with Gasteiger partial charge in [-0.2, -0.15) is 0 Å². The van der Waals surface area contributed by atoms with Gasteiger partial charge in [-0.3, -0.25) is 4.79 Å². The van der Waals surface area contributed by atoms with Crippen molar-refractivity contribution in [3.8, 4) is 0 Å². The summed E-state index contributed by atoms with van der Waals surface area (Å²) >= 11 is 0. The quantitative estimate of drug-likeness (QED) is 0.801. The molecule has 0 saturated heterocycles. The molecule has 3 nitrogen and oxygen atoms in total. The number of carbonyl (C=O) groups excluding carboxylic acids is 1. The van der Waals surface area contributed by atoms with Crippen molar-refractivity contribution >= 4 is 22.8 Å². The Morgan fingerprint density at radius 3 is 2.22 bits per heavy atom. The molecular weight excluding hydrogens is 224 g/mol. The largest absolute Gasteiger partial charge is 0.388 e. The van der Waals surface area contributed by atoms with Crippen LogP contribution in [0.15, 0.2) is 48.5 Å². The van der Waals surface area contributed by atoms with Crippen molar-refractivity contribution in [2.75, 3.05) is 17.7 Å². The van der Waals surface area contributed by atoms with Crippen LogP contribution in [0, 0.1) is 0 Å². The number of hydrogen-bond donors (Lipinski definition) is 2. The van der Waals surface area contributed by atoms with Crippen molar-refractivity contribution < 1.29 is 4.79 Å². The SMILES string of the molecule is CNc1cccc(Nc2cccc(C(C)=O)c2)c1. The summed E-state index contributed by atoms with van der Waals surface area (Å²) in [6.45, 7) is 1.57. The molecule has 0 aliphatic heterocycles. The van der Waals surface area contributed by atoms with Crippen LogP contribution >= 0.6 is 0 Å². The van der Waals surface area contributed by atoms with Crippen LogP contribution in [0.2, 0.25) is 0 Å². The van der Waals surface area contributed by atoms with Gasteiger partial charge in [0, 0.05) is 29.7 Å². The molecule has 0 aromatic heterocycles. The molecule has 18 heavy (non-hydrogen) atoms. The van der Waals surface area contributed by atoms with Crippen LogP contribution in [0.3, 0.4) is 0 Å². The van der Waals surface area contributed by atoms with E-state index in [0.29, 0.717) is 5.56 Å². The summed E-state index contributed by atoms with van der Waals surface area (Å²) < 4.78 is 0. The van der Waals surface area contributed by atoms with E-state index in [2.05, 4.69) is 10.6 Å². The molecule has 0 bridgehead atoms. The highest BCUT2D eigenvalue weighted by Crippen LogP contribution is 2.20. The molecule has 0 radical (unpaired) electrons. The standard InChI is InChI=1S/C15H16N2O/c1-11(18)12-5-3-7-14(9-12)17-15-8-4-6-13(10-15)16-2/h3-10,16-17H,1-2H3. The number of ketones is 1. The molecule has 2 N–H and O–H groups in total. The number of nitrogens with one attached hydrogen (secondary N) is 2. The third-order valence-electron chi connectivity index (χ3n) is 2.71. The summed E-state index contributed by atoms with van der Waals surface area (Å²) in [5.74, 6) is 0.0719. The van der Waals surface area contributed by atoms with Gasteiger partial charge in [0.25, 0.3) is 0 Å². The minimum absolute atomic E-state index is 0.0719. The van der Waals surface area contributed by atoms with Gasteiger partial charge in [0.15, 0.2) is 5.78 Å². The Kier molecular flexibility index (Phi) is 3.63. The van der Waals surface area contributed by atoms with Crippen LogP contribution in [-0.4, -0.2) is 12.8 Å². The molecule has 3 heteroatoms. The number of rotatable bonds is 4. The molecule has 2 aromatic carbocycles. The Morgan fingerprint density at radius 1 is 0.944 bits per heavy atom. The Labute approximate surface area is 107 Å². The van der Waals surface area contributed by atoms with E-state index < -0.39 is 0 Å². The van der Waals surface area contributed by atoms with Gasteiger partial charge in [0.1, 0.15) is 0 Å². The second kappa shape index (κ2) is 5.36. The van der Waals surface area contributed by atoms with Crippen molar-refractivity contribution in [3.05, 3.63) is 54.1 Å². The molecular formula is C15H16N2O. The minimum atomic E-state index is 0.0719. The van der Waals surface area contributed by atoms with Gasteiger partial charge in [-0.25, -0.2) is 0 Å². The number of benzene rings is 2. The van der Waals surface area contributed by atoms with Crippen LogP contribution in [0.25, 0.3) is 0 Å². The maximum absolute atomic E-state index is 11.3. The van der Waals surface area contributed by atoms with E-state index in [9.17, 15) is 4.79 Å². The zero-order valence-electron chi connectivity index (χ0n) is 10.5. The topological polar surface area (TPSA) is 41.1 Å². The molecule has 0 amide bonds. The van der Waals surface area contributed by atoms with Crippen molar-refractivity contribution in [2.24, 2.45) is 0 Å². The first kappa shape index (κ1) is 12.2. The maximum Gasteiger partial charge on any atom is 0.159 e. The molecule has 0 unspecified atom stereocenters. The Hall–Kier alpha value is -2.29. The predicted octanol–water partition coefficient (Wildman–Crippen LogP) is 3.67. The lowest BCUT2D eigenvalue weighted by atomic mass is 10.1. The highest BCUT2D eigenvalue weighted by Gasteiger charge is 2.01. The number of Topliss-reactive ketones (excluding diaryl/α,β-unsaturated/α-hetero) is 1. The van der Waals surface area contributed by atoms with Crippen molar-refractivity contribution in [1.82, 2.24) is 0 Å². The van der Waals surface area contributed by atoms with Gasteiger partial charge in [-0.05, 0) is 37.3 Å². The van der Waals surface area contributed by atoms with Gasteiger partial charge in [0.2, 0.25) is 0 Å². The number of hydrogen-bond acceptors (Lipinski definition) is 3. The van der Waals surface area contributed by atoms with E-state index in [0.717, 1.165) is 17.1 Å². The fourth-order valence-corrected chi connectivity index (χ4v) is 1.74. The summed E-state index contributed by atoms with van der Waals surface area (Å²) in [7, 11) is 1.88. The fraction of sp³-hybridized carbons (Fsp3) is 0.133. The average Bonchev–Trinajstić information content (AvgIpc) is 2.39. The first-order valence-electron chi connectivity index (χ1n) is 5.85. The van der Waals surface area contributed by atoms with Gasteiger partial charge in [-0.1, -0.05) is 18.2 Å². The van der Waals surface area contributed by atoms with Gasteiger partial charge in [-0.15, -0.1) is 0 Å². The third-order valence-corrected chi connectivity index (χ3v) is 2.71. The van der Waals surface area contributed by atoms with E-state index in [1.165, 1.54) is 0 Å². The zero-order chi connectivity index (χ0) is 13.0. The molecule has 0 spiro atoms. The van der Waals surface area contributed by atoms with Crippen LogP contribution in [0.1, 0.15) is 17.3 Å². The molecule has 0 aliphatic carbocycles. The zero-order valence-corrected chi connectivity index (χ0v) is 10.5. The minimum Gasteiger partial charge on any atom is -0.388 e. The molecule has 0 heterocycles. The van der Waals surface area contributed by atoms with Crippen molar-refractivity contribution in [2.45, 2.75) is 6.92 Å². The fourth-order valence-electron chi connectivity index (χ4n) is 1.74. The van der Waals surface area contributed by atoms with Crippen LogP contribution in [0.4, 0.5) is 17.1 Å². The van der Waals surface area contributed by atoms with E-state index in [4.69, 9.17) is 0 Å². The number of anilines is 3. The van der Waals surface area contributed by atoms with Crippen molar-refractivity contribution in [3.63, 3.8) is 0 Å². The van der Waals surface area contributed by atoms with E-state index >= 15 is 0 Å². The average molecular weight is 240 g/mol. The first-order valence-corrected chi connectivity index (χ1v) is 5.85. The molecule has 2 rings (SSSR count).